The van der Waals surface area contributed by atoms with Crippen molar-refractivity contribution in [2.75, 3.05) is 31.8 Å². The van der Waals surface area contributed by atoms with Crippen LogP contribution in [0.2, 0.25) is 0 Å². The van der Waals surface area contributed by atoms with E-state index in [2.05, 4.69) is 28.2 Å². The smallest absolute Gasteiger partial charge is 0.199 e. The molecule has 3 rings (SSSR count). The number of nitrogens with one attached hydrogen (secondary N) is 1. The number of hydrogen-bond donors (Lipinski definition) is 2. The second-order valence-electron chi connectivity index (χ2n) is 7.90. The minimum atomic E-state index is 0.357. The molecule has 1 aromatic carbocycles. The lowest BCUT2D eigenvalue weighted by atomic mass is 9.96. The molecular weight excluding hydrogens is 388 g/mol. The largest absolute Gasteiger partial charge is 0.492 e. The van der Waals surface area contributed by atoms with Crippen molar-refractivity contribution in [2.24, 2.45) is 16.1 Å². The van der Waals surface area contributed by atoms with E-state index in [1.165, 1.54) is 25.7 Å². The molecule has 0 bridgehead atoms. The minimum Gasteiger partial charge on any atom is -0.492 e. The average molecular weight is 419 g/mol. The molecule has 0 radical (unpaired) electrons. The van der Waals surface area contributed by atoms with E-state index in [-0.39, 0.29) is 0 Å². The van der Waals surface area contributed by atoms with Crippen molar-refractivity contribution in [3.63, 3.8) is 0 Å². The van der Waals surface area contributed by atoms with Gasteiger partial charge in [-0.3, -0.25) is 0 Å². The first kappa shape index (κ1) is 21.1. The maximum Gasteiger partial charge on any atom is 0.199 e. The van der Waals surface area contributed by atoms with E-state index in [1.54, 1.807) is 17.3 Å². The predicted molar refractivity (Wildman–Crippen MR) is 124 cm³/mol. The second-order valence-corrected chi connectivity index (χ2v) is 9.28. The fraction of sp³-hybridized carbons (Fsp3) is 0.524. The number of aliphatic imine (C=N–C) groups is 1. The number of fused-ring (bicyclic) bond motifs is 1. The van der Waals surface area contributed by atoms with Crippen LogP contribution in [0.4, 0.5) is 5.69 Å². The molecule has 7 heteroatoms. The molecule has 0 aromatic heterocycles. The number of ether oxygens (including phenoxy) is 1. The first-order valence-corrected chi connectivity index (χ1v) is 11.1. The van der Waals surface area contributed by atoms with Crippen LogP contribution in [-0.2, 0) is 0 Å². The Morgan fingerprint density at radius 1 is 1.39 bits per heavy atom. The Kier molecular flexibility index (Phi) is 7.01. The van der Waals surface area contributed by atoms with Crippen molar-refractivity contribution in [3.8, 4) is 5.75 Å². The molecule has 2 unspecified atom stereocenters. The topological polar surface area (TPSA) is 62.9 Å². The van der Waals surface area contributed by atoms with Crippen molar-refractivity contribution in [1.82, 2.24) is 4.90 Å². The van der Waals surface area contributed by atoms with Crippen LogP contribution in [0, 0.1) is 5.41 Å². The van der Waals surface area contributed by atoms with E-state index < -0.39 is 0 Å². The standard InChI is InChI=1S/C21H30N4OS2/c1-15(25(2)3)13-26-18-9-7-17(8-10-18)23-20(27)24-19(22)28-14-21-11-5-4-6-16(21)12-21/h6-10,15H,4-5,11-14H2,1-3H3,(H3,22,23,24,27). The van der Waals surface area contributed by atoms with Gasteiger partial charge in [0, 0.05) is 22.9 Å². The molecule has 0 aliphatic heterocycles. The number of anilines is 1. The molecule has 0 heterocycles. The summed E-state index contributed by atoms with van der Waals surface area (Å²) in [4.78, 5) is 6.46. The van der Waals surface area contributed by atoms with E-state index in [0.29, 0.717) is 28.3 Å². The first-order chi connectivity index (χ1) is 13.4. The number of allylic oxidation sites excluding steroid dienone is 2. The van der Waals surface area contributed by atoms with Crippen LogP contribution < -0.4 is 15.8 Å². The summed E-state index contributed by atoms with van der Waals surface area (Å²) in [5, 5.41) is 4.03. The fourth-order valence-electron chi connectivity index (χ4n) is 3.29. The van der Waals surface area contributed by atoms with Crippen LogP contribution in [-0.4, -0.2) is 47.7 Å². The summed E-state index contributed by atoms with van der Waals surface area (Å²) in [5.41, 5.74) is 8.97. The highest BCUT2D eigenvalue weighted by Crippen LogP contribution is 2.59. The predicted octanol–water partition coefficient (Wildman–Crippen LogP) is 4.26. The van der Waals surface area contributed by atoms with Crippen LogP contribution in [0.5, 0.6) is 5.75 Å². The fourth-order valence-corrected chi connectivity index (χ4v) is 4.57. The van der Waals surface area contributed by atoms with Crippen LogP contribution in [0.3, 0.4) is 0 Å². The van der Waals surface area contributed by atoms with Gasteiger partial charge in [0.1, 0.15) is 12.4 Å². The quantitative estimate of drug-likeness (QED) is 0.299. The summed E-state index contributed by atoms with van der Waals surface area (Å²) < 4.78 is 5.80. The van der Waals surface area contributed by atoms with Gasteiger partial charge in [-0.1, -0.05) is 23.4 Å². The van der Waals surface area contributed by atoms with Crippen molar-refractivity contribution in [1.29, 1.82) is 0 Å². The number of thioether (sulfide) groups is 1. The van der Waals surface area contributed by atoms with Crippen molar-refractivity contribution in [3.05, 3.63) is 35.9 Å². The third kappa shape index (κ3) is 5.72. The molecule has 2 aliphatic carbocycles. The molecule has 0 saturated heterocycles. The number of thiocarbonyl (C=S) groups is 1. The molecule has 1 saturated carbocycles. The molecule has 2 atom stereocenters. The minimum absolute atomic E-state index is 0.357. The summed E-state index contributed by atoms with van der Waals surface area (Å²) in [6, 6.07) is 8.08. The molecule has 5 nitrogen and oxygen atoms in total. The number of benzene rings is 1. The van der Waals surface area contributed by atoms with E-state index in [4.69, 9.17) is 22.7 Å². The summed E-state index contributed by atoms with van der Waals surface area (Å²) in [7, 11) is 4.09. The second kappa shape index (κ2) is 9.29. The van der Waals surface area contributed by atoms with Gasteiger partial charge < -0.3 is 20.7 Å². The maximum atomic E-state index is 6.08. The number of rotatable bonds is 7. The number of hydrogen-bond acceptors (Lipinski definition) is 4. The Bertz CT molecular complexity index is 760. The van der Waals surface area contributed by atoms with Gasteiger partial charge in [-0.05, 0) is 83.2 Å². The van der Waals surface area contributed by atoms with E-state index in [1.807, 2.05) is 38.4 Å². The highest BCUT2D eigenvalue weighted by molar-refractivity contribution is 8.13. The van der Waals surface area contributed by atoms with Gasteiger partial charge in [-0.15, -0.1) is 0 Å². The Morgan fingerprint density at radius 3 is 2.82 bits per heavy atom. The van der Waals surface area contributed by atoms with Crippen LogP contribution in [0.1, 0.15) is 32.6 Å². The number of amidine groups is 1. The van der Waals surface area contributed by atoms with Crippen molar-refractivity contribution >= 4 is 39.9 Å². The molecule has 1 aromatic rings. The molecule has 3 N–H and O–H groups in total. The zero-order valence-electron chi connectivity index (χ0n) is 16.9. The first-order valence-electron chi connectivity index (χ1n) is 9.75. The van der Waals surface area contributed by atoms with E-state index >= 15 is 0 Å². The molecule has 0 spiro atoms. The van der Waals surface area contributed by atoms with Gasteiger partial charge in [0.15, 0.2) is 10.3 Å². The monoisotopic (exact) mass is 418 g/mol. The molecule has 0 amide bonds. The zero-order chi connectivity index (χ0) is 20.1. The number of likely N-dealkylation sites (N-methyl/N-ethyl adjacent to an activating group) is 1. The number of nitrogens with zero attached hydrogens (tertiary/aromatic N) is 2. The SMILES string of the molecule is CC(COc1ccc(NC(=S)/N=C(\N)SCC23CCCC=C2C3)cc1)N(C)C. The lowest BCUT2D eigenvalue weighted by Crippen LogP contribution is -2.30. The average Bonchev–Trinajstić information content (AvgIpc) is 3.40. The molecule has 1 fully saturated rings. The lowest BCUT2D eigenvalue weighted by molar-refractivity contribution is 0.198. The summed E-state index contributed by atoms with van der Waals surface area (Å²) in [6.45, 7) is 2.78. The molecular formula is C21H30N4OS2. The van der Waals surface area contributed by atoms with E-state index in [0.717, 1.165) is 17.2 Å². The van der Waals surface area contributed by atoms with Crippen LogP contribution in [0.25, 0.3) is 0 Å². The van der Waals surface area contributed by atoms with Crippen molar-refractivity contribution < 1.29 is 4.74 Å². The van der Waals surface area contributed by atoms with E-state index in [9.17, 15) is 0 Å². The normalized spacial score (nSPS) is 22.3. The summed E-state index contributed by atoms with van der Waals surface area (Å²) >= 11 is 6.94. The summed E-state index contributed by atoms with van der Waals surface area (Å²) in [5.74, 6) is 1.84. The van der Waals surface area contributed by atoms with Crippen LogP contribution >= 0.6 is 24.0 Å². The Labute approximate surface area is 177 Å². The Morgan fingerprint density at radius 2 is 2.14 bits per heavy atom. The lowest BCUT2D eigenvalue weighted by Gasteiger charge is -2.20. The third-order valence-electron chi connectivity index (χ3n) is 5.52. The highest BCUT2D eigenvalue weighted by Gasteiger charge is 2.48. The molecule has 28 heavy (non-hydrogen) atoms. The van der Waals surface area contributed by atoms with Gasteiger partial charge in [0.05, 0.1) is 0 Å². The zero-order valence-corrected chi connectivity index (χ0v) is 18.5. The third-order valence-corrected chi connectivity index (χ3v) is 6.80. The van der Waals surface area contributed by atoms with Gasteiger partial charge in [-0.2, -0.15) is 4.99 Å². The Balaban J connectivity index is 1.44. The van der Waals surface area contributed by atoms with Gasteiger partial charge in [0.25, 0.3) is 0 Å². The van der Waals surface area contributed by atoms with Crippen molar-refractivity contribution in [2.45, 2.75) is 38.6 Å². The van der Waals surface area contributed by atoms with Gasteiger partial charge >= 0.3 is 0 Å². The summed E-state index contributed by atoms with van der Waals surface area (Å²) in [6.07, 6.45) is 7.44. The van der Waals surface area contributed by atoms with Gasteiger partial charge in [-0.25, -0.2) is 0 Å². The van der Waals surface area contributed by atoms with Gasteiger partial charge in [0.2, 0.25) is 0 Å². The Hall–Kier alpha value is -1.57. The number of nitrogens with two attached hydrogens (primary N) is 1. The molecule has 152 valence electrons. The molecule has 2 aliphatic rings. The highest BCUT2D eigenvalue weighted by atomic mass is 32.2. The maximum absolute atomic E-state index is 6.08. The van der Waals surface area contributed by atoms with Crippen LogP contribution in [0.15, 0.2) is 40.9 Å².